The predicted octanol–water partition coefficient (Wildman–Crippen LogP) is 6.23. The van der Waals surface area contributed by atoms with E-state index < -0.39 is 38.6 Å². The Bertz CT molecular complexity index is 1510. The van der Waals surface area contributed by atoms with Crippen molar-refractivity contribution in [3.63, 3.8) is 0 Å². The Hall–Kier alpha value is -2.98. The zero-order valence-electron chi connectivity index (χ0n) is 26.7. The Kier molecular flexibility index (Phi) is 6.32. The molecule has 43 heavy (non-hydrogen) atoms. The molecule has 0 aromatic carbocycles. The standard InChI is InChI=1S/C36H46N2O5/c1-30(2)24-10-11-34(6)25(33(24,5)18-22(20-37)28(30)40)17-27(39)36(42)26-19-32(4,29(41)38-21-23-9-8-16-43-23)13-12-31(26,3)14-15-35(34,36)7/h8-9,16-18,24,26,42H,10-15,19,21H2,1-7H3,(H,38,41)/t24-,26+,31+,32-,33-,34+,35-,36+/m0/s1. The highest BCUT2D eigenvalue weighted by Crippen LogP contribution is 2.75. The number of carbonyl (C=O) groups excluding carboxylic acids is 3. The second-order valence-corrected chi connectivity index (χ2v) is 16.2. The second kappa shape index (κ2) is 9.03. The second-order valence-electron chi connectivity index (χ2n) is 16.2. The van der Waals surface area contributed by atoms with Crippen LogP contribution in [0, 0.1) is 55.7 Å². The lowest BCUT2D eigenvalue weighted by molar-refractivity contribution is -0.242. The Morgan fingerprint density at radius 2 is 1.74 bits per heavy atom. The van der Waals surface area contributed by atoms with Crippen molar-refractivity contribution in [2.24, 2.45) is 44.3 Å². The molecule has 3 saturated carbocycles. The van der Waals surface area contributed by atoms with Crippen molar-refractivity contribution in [3.8, 4) is 6.07 Å². The molecule has 0 spiro atoms. The molecule has 0 bridgehead atoms. The molecule has 3 fully saturated rings. The number of ketones is 2. The number of rotatable bonds is 3. The molecule has 230 valence electrons. The fourth-order valence-corrected chi connectivity index (χ4v) is 10.8. The maximum atomic E-state index is 14.6. The van der Waals surface area contributed by atoms with E-state index in [-0.39, 0.29) is 34.4 Å². The average molecular weight is 587 g/mol. The largest absolute Gasteiger partial charge is 0.467 e. The van der Waals surface area contributed by atoms with Crippen LogP contribution in [0.15, 0.2) is 46.1 Å². The highest BCUT2D eigenvalue weighted by molar-refractivity contribution is 6.05. The van der Waals surface area contributed by atoms with E-state index in [1.807, 2.05) is 32.9 Å². The van der Waals surface area contributed by atoms with Gasteiger partial charge in [0.05, 0.1) is 18.4 Å². The van der Waals surface area contributed by atoms with Crippen LogP contribution in [-0.4, -0.2) is 28.2 Å². The Morgan fingerprint density at radius 1 is 1.05 bits per heavy atom. The molecule has 0 unspecified atom stereocenters. The summed E-state index contributed by atoms with van der Waals surface area (Å²) in [6, 6.07) is 5.77. The molecule has 6 rings (SSSR count). The lowest BCUT2D eigenvalue weighted by atomic mass is 9.33. The Balaban J connectivity index is 1.43. The van der Waals surface area contributed by atoms with Crippen LogP contribution in [0.4, 0.5) is 0 Å². The van der Waals surface area contributed by atoms with Gasteiger partial charge in [-0.25, -0.2) is 0 Å². The molecule has 1 aromatic rings. The topological polar surface area (TPSA) is 120 Å². The summed E-state index contributed by atoms with van der Waals surface area (Å²) < 4.78 is 5.41. The minimum Gasteiger partial charge on any atom is -0.467 e. The number of furan rings is 1. The third-order valence-electron chi connectivity index (χ3n) is 13.8. The first-order chi connectivity index (χ1) is 19.9. The molecule has 8 atom stereocenters. The molecule has 0 aliphatic heterocycles. The minimum absolute atomic E-state index is 0.0591. The van der Waals surface area contributed by atoms with Gasteiger partial charge in [0.15, 0.2) is 11.6 Å². The lowest BCUT2D eigenvalue weighted by Gasteiger charge is -2.71. The SMILES string of the molecule is CC1(C)C(=O)C(C#N)=C[C@]2(C)C3=CC(=O)[C@]4(O)[C@@H]5C[C@@](C)(C(=O)NCc6ccco6)CC[C@]5(C)CC[C@@]4(C)[C@]3(C)CC[C@@H]12. The van der Waals surface area contributed by atoms with Crippen molar-refractivity contribution >= 4 is 17.5 Å². The number of aliphatic hydroxyl groups is 1. The van der Waals surface area contributed by atoms with Crippen LogP contribution in [0.5, 0.6) is 0 Å². The number of nitriles is 1. The van der Waals surface area contributed by atoms with Gasteiger partial charge in [0, 0.05) is 27.6 Å². The van der Waals surface area contributed by atoms with Crippen molar-refractivity contribution in [3.05, 3.63) is 47.5 Å². The molecule has 5 aliphatic rings. The van der Waals surface area contributed by atoms with Crippen molar-refractivity contribution in [1.29, 1.82) is 5.26 Å². The fourth-order valence-electron chi connectivity index (χ4n) is 10.8. The van der Waals surface area contributed by atoms with Crippen LogP contribution in [0.1, 0.15) is 99.2 Å². The smallest absolute Gasteiger partial charge is 0.226 e. The van der Waals surface area contributed by atoms with Gasteiger partial charge >= 0.3 is 0 Å². The molecule has 1 aromatic heterocycles. The van der Waals surface area contributed by atoms with Gasteiger partial charge in [-0.05, 0) is 85.5 Å². The summed E-state index contributed by atoms with van der Waals surface area (Å²) in [6.45, 7) is 14.7. The van der Waals surface area contributed by atoms with Gasteiger partial charge in [0.1, 0.15) is 17.4 Å². The van der Waals surface area contributed by atoms with Crippen LogP contribution in [0.25, 0.3) is 0 Å². The molecule has 1 heterocycles. The molecule has 7 heteroatoms. The number of nitrogens with one attached hydrogen (secondary N) is 1. The zero-order valence-corrected chi connectivity index (χ0v) is 26.7. The first-order valence-electron chi connectivity index (χ1n) is 15.9. The Morgan fingerprint density at radius 3 is 2.40 bits per heavy atom. The predicted molar refractivity (Wildman–Crippen MR) is 161 cm³/mol. The number of carbonyl (C=O) groups is 3. The maximum absolute atomic E-state index is 14.6. The highest BCUT2D eigenvalue weighted by atomic mass is 16.3. The van der Waals surface area contributed by atoms with Crippen molar-refractivity contribution in [2.45, 2.75) is 106 Å². The summed E-state index contributed by atoms with van der Waals surface area (Å²) in [7, 11) is 0. The summed E-state index contributed by atoms with van der Waals surface area (Å²) in [4.78, 5) is 41.6. The summed E-state index contributed by atoms with van der Waals surface area (Å²) >= 11 is 0. The van der Waals surface area contributed by atoms with E-state index >= 15 is 0 Å². The molecular formula is C36H46N2O5. The van der Waals surface area contributed by atoms with Crippen LogP contribution in [-0.2, 0) is 20.9 Å². The van der Waals surface area contributed by atoms with E-state index in [1.54, 1.807) is 18.4 Å². The summed E-state index contributed by atoms with van der Waals surface area (Å²) in [5, 5.41) is 26.0. The molecule has 5 aliphatic carbocycles. The van der Waals surface area contributed by atoms with Crippen LogP contribution in [0.2, 0.25) is 0 Å². The van der Waals surface area contributed by atoms with Crippen LogP contribution < -0.4 is 5.32 Å². The monoisotopic (exact) mass is 586 g/mol. The lowest BCUT2D eigenvalue weighted by Crippen LogP contribution is -2.74. The van der Waals surface area contributed by atoms with Crippen LogP contribution >= 0.6 is 0 Å². The minimum atomic E-state index is -1.65. The van der Waals surface area contributed by atoms with Gasteiger partial charge in [0.2, 0.25) is 5.91 Å². The first-order valence-corrected chi connectivity index (χ1v) is 15.9. The quantitative estimate of drug-likeness (QED) is 0.433. The van der Waals surface area contributed by atoms with Gasteiger partial charge in [-0.1, -0.05) is 54.5 Å². The van der Waals surface area contributed by atoms with Crippen molar-refractivity contribution in [1.82, 2.24) is 5.32 Å². The van der Waals surface area contributed by atoms with Crippen LogP contribution in [0.3, 0.4) is 0 Å². The van der Waals surface area contributed by atoms with E-state index in [4.69, 9.17) is 4.42 Å². The van der Waals surface area contributed by atoms with Gasteiger partial charge in [0.25, 0.3) is 0 Å². The van der Waals surface area contributed by atoms with E-state index in [9.17, 15) is 24.8 Å². The fraction of sp³-hybridized carbons (Fsp3) is 0.667. The highest BCUT2D eigenvalue weighted by Gasteiger charge is 2.75. The number of amides is 1. The van der Waals surface area contributed by atoms with E-state index in [1.165, 1.54) is 0 Å². The van der Waals surface area contributed by atoms with Gasteiger partial charge in [-0.15, -0.1) is 0 Å². The van der Waals surface area contributed by atoms with Crippen molar-refractivity contribution < 1.29 is 23.9 Å². The zero-order chi connectivity index (χ0) is 31.4. The third kappa shape index (κ3) is 3.65. The number of fused-ring (bicyclic) bond motifs is 7. The molecule has 0 radical (unpaired) electrons. The van der Waals surface area contributed by atoms with E-state index in [2.05, 4.69) is 39.1 Å². The maximum Gasteiger partial charge on any atom is 0.226 e. The molecule has 2 N–H and O–H groups in total. The first kappa shape index (κ1) is 30.1. The molecular weight excluding hydrogens is 540 g/mol. The number of allylic oxidation sites excluding steroid dienone is 3. The molecule has 0 saturated heterocycles. The van der Waals surface area contributed by atoms with E-state index in [0.717, 1.165) is 31.3 Å². The Labute approximate surface area is 255 Å². The summed E-state index contributed by atoms with van der Waals surface area (Å²) in [6.07, 6.45) is 10.0. The molecule has 7 nitrogen and oxygen atoms in total. The van der Waals surface area contributed by atoms with Gasteiger partial charge in [-0.2, -0.15) is 5.26 Å². The summed E-state index contributed by atoms with van der Waals surface area (Å²) in [5.74, 6) is -0.275. The number of nitrogens with zero attached hydrogens (tertiary/aromatic N) is 1. The number of hydrogen-bond acceptors (Lipinski definition) is 6. The molecule has 1 amide bonds. The third-order valence-corrected chi connectivity index (χ3v) is 13.8. The van der Waals surface area contributed by atoms with Crippen molar-refractivity contribution in [2.75, 3.05) is 0 Å². The number of hydrogen-bond donors (Lipinski definition) is 2. The average Bonchev–Trinajstić information content (AvgIpc) is 3.48. The van der Waals surface area contributed by atoms with E-state index in [0.29, 0.717) is 31.6 Å². The van der Waals surface area contributed by atoms with Gasteiger partial charge in [-0.3, -0.25) is 14.4 Å². The summed E-state index contributed by atoms with van der Waals surface area (Å²) in [5.41, 5.74) is -4.28. The van der Waals surface area contributed by atoms with Gasteiger partial charge < -0.3 is 14.8 Å². The number of Topliss-reactive ketones (excluding diaryl/α,β-unsaturated/α-hetero) is 1. The normalized spacial score (nSPS) is 44.9.